The van der Waals surface area contributed by atoms with E-state index in [2.05, 4.69) is 35.3 Å². The van der Waals surface area contributed by atoms with E-state index in [9.17, 15) is 9.59 Å². The number of H-pyrrole nitrogens is 1. The van der Waals surface area contributed by atoms with E-state index < -0.39 is 0 Å². The quantitative estimate of drug-likeness (QED) is 0.428. The molecule has 3 heterocycles. The summed E-state index contributed by atoms with van der Waals surface area (Å²) in [5.41, 5.74) is 3.50. The lowest BCUT2D eigenvalue weighted by molar-refractivity contribution is 0.0649. The first kappa shape index (κ1) is 20.8. The predicted molar refractivity (Wildman–Crippen MR) is 124 cm³/mol. The van der Waals surface area contributed by atoms with E-state index in [-0.39, 0.29) is 11.8 Å². The van der Waals surface area contributed by atoms with Crippen molar-refractivity contribution in [1.29, 1.82) is 0 Å². The van der Waals surface area contributed by atoms with Crippen molar-refractivity contribution in [2.45, 2.75) is 38.1 Å². The molecule has 6 nitrogen and oxygen atoms in total. The lowest BCUT2D eigenvalue weighted by Gasteiger charge is -2.18. The molecule has 0 aliphatic carbocycles. The highest BCUT2D eigenvalue weighted by molar-refractivity contribution is 6.21. The van der Waals surface area contributed by atoms with Gasteiger partial charge in [0.2, 0.25) is 0 Å². The number of fused-ring (bicyclic) bond motifs is 2. The standard InChI is InChI=1S/C26H29N3O3/c1-28-12-6-7-19(28)15-18-17-27-24-11-10-20(16-23(18)24)32-14-5-4-13-29-25(30)21-8-2-3-9-22(21)26(29)31/h2-3,8-11,16-17,19,27H,4-7,12-15H2,1H3/t19-/m0/s1. The molecule has 0 bridgehead atoms. The Morgan fingerprint density at radius 1 is 1.06 bits per heavy atom. The number of likely N-dealkylation sites (tertiary alicyclic amines) is 1. The van der Waals surface area contributed by atoms with Gasteiger partial charge in [-0.3, -0.25) is 14.5 Å². The average molecular weight is 432 g/mol. The predicted octanol–water partition coefficient (Wildman–Crippen LogP) is 4.26. The smallest absolute Gasteiger partial charge is 0.261 e. The molecule has 5 rings (SSSR count). The van der Waals surface area contributed by atoms with Gasteiger partial charge in [0, 0.05) is 29.7 Å². The highest BCUT2D eigenvalue weighted by Crippen LogP contribution is 2.28. The molecule has 2 aliphatic heterocycles. The minimum atomic E-state index is -0.190. The molecule has 32 heavy (non-hydrogen) atoms. The molecule has 0 saturated carbocycles. The van der Waals surface area contributed by atoms with Crippen LogP contribution in [0.25, 0.3) is 10.9 Å². The van der Waals surface area contributed by atoms with Crippen molar-refractivity contribution in [3.05, 3.63) is 65.4 Å². The van der Waals surface area contributed by atoms with Crippen molar-refractivity contribution in [3.8, 4) is 5.75 Å². The molecule has 0 radical (unpaired) electrons. The number of likely N-dealkylation sites (N-methyl/N-ethyl adjacent to an activating group) is 1. The minimum absolute atomic E-state index is 0.190. The first-order valence-corrected chi connectivity index (χ1v) is 11.5. The second-order valence-electron chi connectivity index (χ2n) is 8.87. The molecule has 1 saturated heterocycles. The van der Waals surface area contributed by atoms with Crippen molar-refractivity contribution in [1.82, 2.24) is 14.8 Å². The zero-order valence-electron chi connectivity index (χ0n) is 18.5. The number of rotatable bonds is 8. The second-order valence-corrected chi connectivity index (χ2v) is 8.87. The number of aromatic nitrogens is 1. The zero-order valence-corrected chi connectivity index (χ0v) is 18.5. The molecule has 2 amide bonds. The van der Waals surface area contributed by atoms with Crippen molar-refractivity contribution < 1.29 is 14.3 Å². The average Bonchev–Trinajstić information content (AvgIpc) is 3.47. The van der Waals surface area contributed by atoms with E-state index in [1.54, 1.807) is 24.3 Å². The van der Waals surface area contributed by atoms with Crippen LogP contribution in [0.2, 0.25) is 0 Å². The van der Waals surface area contributed by atoms with Gasteiger partial charge in [0.15, 0.2) is 0 Å². The van der Waals surface area contributed by atoms with Gasteiger partial charge in [-0.05, 0) is 81.6 Å². The molecule has 3 aromatic rings. The van der Waals surface area contributed by atoms with Crippen LogP contribution < -0.4 is 4.74 Å². The number of nitrogens with zero attached hydrogens (tertiary/aromatic N) is 2. The minimum Gasteiger partial charge on any atom is -0.494 e. The van der Waals surface area contributed by atoms with Crippen LogP contribution in [0.5, 0.6) is 5.75 Å². The number of hydrogen-bond acceptors (Lipinski definition) is 4. The Morgan fingerprint density at radius 3 is 2.56 bits per heavy atom. The van der Waals surface area contributed by atoms with Gasteiger partial charge in [-0.2, -0.15) is 0 Å². The fraction of sp³-hybridized carbons (Fsp3) is 0.385. The third-order valence-corrected chi connectivity index (χ3v) is 6.79. The van der Waals surface area contributed by atoms with Gasteiger partial charge in [-0.1, -0.05) is 12.1 Å². The Labute approximate surface area is 188 Å². The van der Waals surface area contributed by atoms with Gasteiger partial charge >= 0.3 is 0 Å². The summed E-state index contributed by atoms with van der Waals surface area (Å²) >= 11 is 0. The zero-order chi connectivity index (χ0) is 22.1. The first-order valence-electron chi connectivity index (χ1n) is 11.5. The molecule has 1 aromatic heterocycles. The molecule has 166 valence electrons. The molecule has 2 aromatic carbocycles. The first-order chi connectivity index (χ1) is 15.6. The summed E-state index contributed by atoms with van der Waals surface area (Å²) in [5, 5.41) is 1.23. The van der Waals surface area contributed by atoms with Crippen molar-refractivity contribution in [3.63, 3.8) is 0 Å². The number of unbranched alkanes of at least 4 members (excludes halogenated alkanes) is 1. The summed E-state index contributed by atoms with van der Waals surface area (Å²) in [7, 11) is 2.21. The Bertz CT molecular complexity index is 1120. The van der Waals surface area contributed by atoms with Crippen LogP contribution in [0.1, 0.15) is 52.0 Å². The number of carbonyl (C=O) groups is 2. The van der Waals surface area contributed by atoms with Crippen LogP contribution >= 0.6 is 0 Å². The normalized spacial score (nSPS) is 18.7. The molecule has 1 N–H and O–H groups in total. The van der Waals surface area contributed by atoms with Gasteiger partial charge in [0.25, 0.3) is 11.8 Å². The van der Waals surface area contributed by atoms with E-state index in [0.717, 1.165) is 30.5 Å². The van der Waals surface area contributed by atoms with Gasteiger partial charge in [-0.15, -0.1) is 0 Å². The summed E-state index contributed by atoms with van der Waals surface area (Å²) in [4.78, 5) is 32.1. The third kappa shape index (κ3) is 3.91. The largest absolute Gasteiger partial charge is 0.494 e. The maximum Gasteiger partial charge on any atom is 0.261 e. The van der Waals surface area contributed by atoms with Gasteiger partial charge in [0.05, 0.1) is 17.7 Å². The fourth-order valence-electron chi connectivity index (χ4n) is 4.91. The molecule has 1 atom stereocenters. The number of ether oxygens (including phenoxy) is 1. The molecular weight excluding hydrogens is 402 g/mol. The van der Waals surface area contributed by atoms with Crippen LogP contribution in [0.4, 0.5) is 0 Å². The fourth-order valence-corrected chi connectivity index (χ4v) is 4.91. The molecule has 0 unspecified atom stereocenters. The lowest BCUT2D eigenvalue weighted by atomic mass is 10.0. The third-order valence-electron chi connectivity index (χ3n) is 6.79. The van der Waals surface area contributed by atoms with E-state index in [4.69, 9.17) is 4.74 Å². The van der Waals surface area contributed by atoms with Crippen LogP contribution in [0.3, 0.4) is 0 Å². The maximum absolute atomic E-state index is 12.4. The number of benzene rings is 2. The Kier molecular flexibility index (Phi) is 5.70. The van der Waals surface area contributed by atoms with Crippen molar-refractivity contribution in [2.24, 2.45) is 0 Å². The molecule has 1 fully saturated rings. The van der Waals surface area contributed by atoms with E-state index in [0.29, 0.717) is 30.3 Å². The number of amides is 2. The number of carbonyl (C=O) groups excluding carboxylic acids is 2. The van der Waals surface area contributed by atoms with Crippen LogP contribution in [0, 0.1) is 0 Å². The van der Waals surface area contributed by atoms with Crippen molar-refractivity contribution >= 4 is 22.7 Å². The van der Waals surface area contributed by atoms with Gasteiger partial charge in [0.1, 0.15) is 5.75 Å². The molecule has 2 aliphatic rings. The Morgan fingerprint density at radius 2 is 1.84 bits per heavy atom. The van der Waals surface area contributed by atoms with Crippen LogP contribution in [-0.2, 0) is 6.42 Å². The second kappa shape index (κ2) is 8.79. The van der Waals surface area contributed by atoms with Crippen LogP contribution in [0.15, 0.2) is 48.7 Å². The summed E-state index contributed by atoms with van der Waals surface area (Å²) in [5.74, 6) is 0.480. The number of imide groups is 1. The number of aromatic amines is 1. The SMILES string of the molecule is CN1CCC[C@H]1Cc1c[nH]c2ccc(OCCCCN3C(=O)c4ccccc4C3=O)cc12. The number of nitrogens with one attached hydrogen (secondary N) is 1. The summed E-state index contributed by atoms with van der Waals surface area (Å²) in [6.45, 7) is 2.16. The van der Waals surface area contributed by atoms with Crippen molar-refractivity contribution in [2.75, 3.05) is 26.7 Å². The lowest BCUT2D eigenvalue weighted by Crippen LogP contribution is -2.30. The Hall–Kier alpha value is -3.12. The highest BCUT2D eigenvalue weighted by atomic mass is 16.5. The Balaban J connectivity index is 1.14. The highest BCUT2D eigenvalue weighted by Gasteiger charge is 2.34. The monoisotopic (exact) mass is 431 g/mol. The van der Waals surface area contributed by atoms with Gasteiger partial charge < -0.3 is 14.6 Å². The van der Waals surface area contributed by atoms with E-state index >= 15 is 0 Å². The summed E-state index contributed by atoms with van der Waals surface area (Å²) < 4.78 is 6.00. The van der Waals surface area contributed by atoms with E-state index in [1.807, 2.05) is 6.07 Å². The number of hydrogen-bond donors (Lipinski definition) is 1. The van der Waals surface area contributed by atoms with Crippen LogP contribution in [-0.4, -0.2) is 59.4 Å². The maximum atomic E-state index is 12.4. The molecular formula is C26H29N3O3. The molecule has 0 spiro atoms. The molecule has 6 heteroatoms. The van der Waals surface area contributed by atoms with Gasteiger partial charge in [-0.25, -0.2) is 0 Å². The summed E-state index contributed by atoms with van der Waals surface area (Å²) in [6.07, 6.45) is 7.21. The van der Waals surface area contributed by atoms with E-state index in [1.165, 1.54) is 35.2 Å². The topological polar surface area (TPSA) is 65.6 Å². The summed E-state index contributed by atoms with van der Waals surface area (Å²) in [6, 6.07) is 13.8.